The molecule has 108 valence electrons. The van der Waals surface area contributed by atoms with Gasteiger partial charge in [-0.15, -0.1) is 11.3 Å². The molecule has 20 heavy (non-hydrogen) atoms. The Morgan fingerprint density at radius 1 is 1.55 bits per heavy atom. The van der Waals surface area contributed by atoms with Gasteiger partial charge in [-0.05, 0) is 61.7 Å². The Hall–Kier alpha value is -1.13. The summed E-state index contributed by atoms with van der Waals surface area (Å²) in [5.74, 6) is 0.687. The van der Waals surface area contributed by atoms with Gasteiger partial charge in [-0.1, -0.05) is 0 Å². The van der Waals surface area contributed by atoms with Crippen LogP contribution < -0.4 is 5.32 Å². The van der Waals surface area contributed by atoms with Crippen molar-refractivity contribution in [2.24, 2.45) is 7.05 Å². The molecule has 0 spiro atoms. The first kappa shape index (κ1) is 13.8. The first-order valence-electron chi connectivity index (χ1n) is 7.49. The van der Waals surface area contributed by atoms with E-state index in [1.54, 1.807) is 10.4 Å². The Kier molecular flexibility index (Phi) is 4.22. The molecule has 3 rings (SSSR count). The van der Waals surface area contributed by atoms with Crippen molar-refractivity contribution in [3.05, 3.63) is 39.8 Å². The molecule has 0 aromatic carbocycles. The monoisotopic (exact) mass is 289 g/mol. The summed E-state index contributed by atoms with van der Waals surface area (Å²) < 4.78 is 1.89. The van der Waals surface area contributed by atoms with Gasteiger partial charge in [-0.3, -0.25) is 4.68 Å². The lowest BCUT2D eigenvalue weighted by Gasteiger charge is -2.30. The second kappa shape index (κ2) is 6.10. The lowest BCUT2D eigenvalue weighted by Crippen LogP contribution is -2.34. The molecule has 2 unspecified atom stereocenters. The predicted molar refractivity (Wildman–Crippen MR) is 84.4 cm³/mol. The van der Waals surface area contributed by atoms with Crippen molar-refractivity contribution < 1.29 is 0 Å². The summed E-state index contributed by atoms with van der Waals surface area (Å²) >= 11 is 1.93. The van der Waals surface area contributed by atoms with E-state index in [2.05, 4.69) is 35.1 Å². The SMILES string of the molecule is CNC(CCc1cnn(C)c1)C1CCCc2sccc21. The van der Waals surface area contributed by atoms with Crippen molar-refractivity contribution >= 4 is 11.3 Å². The second-order valence-corrected chi connectivity index (χ2v) is 6.75. The zero-order valence-electron chi connectivity index (χ0n) is 12.3. The maximum atomic E-state index is 4.26. The fraction of sp³-hybridized carbons (Fsp3) is 0.562. The largest absolute Gasteiger partial charge is 0.316 e. The van der Waals surface area contributed by atoms with Crippen molar-refractivity contribution in [1.29, 1.82) is 0 Å². The van der Waals surface area contributed by atoms with E-state index in [9.17, 15) is 0 Å². The summed E-state index contributed by atoms with van der Waals surface area (Å²) in [6, 6.07) is 2.92. The second-order valence-electron chi connectivity index (χ2n) is 5.75. The summed E-state index contributed by atoms with van der Waals surface area (Å²) in [7, 11) is 4.09. The van der Waals surface area contributed by atoms with Gasteiger partial charge in [0, 0.05) is 30.1 Å². The molecule has 0 saturated carbocycles. The number of likely N-dealkylation sites (N-methyl/N-ethyl adjacent to an activating group) is 1. The van der Waals surface area contributed by atoms with Crippen LogP contribution in [0.15, 0.2) is 23.8 Å². The Balaban J connectivity index is 1.68. The molecule has 0 fully saturated rings. The van der Waals surface area contributed by atoms with Crippen molar-refractivity contribution in [3.8, 4) is 0 Å². The van der Waals surface area contributed by atoms with Gasteiger partial charge in [0.25, 0.3) is 0 Å². The standard InChI is InChI=1S/C16H23N3S/c1-17-15(7-6-12-10-18-19(2)11-12)13-4-3-5-16-14(13)8-9-20-16/h8-11,13,15,17H,3-7H2,1-2H3. The molecule has 2 heterocycles. The quantitative estimate of drug-likeness (QED) is 0.916. The Morgan fingerprint density at radius 3 is 3.20 bits per heavy atom. The van der Waals surface area contributed by atoms with Gasteiger partial charge in [-0.25, -0.2) is 0 Å². The molecule has 0 saturated heterocycles. The van der Waals surface area contributed by atoms with Gasteiger partial charge in [0.05, 0.1) is 6.20 Å². The van der Waals surface area contributed by atoms with Crippen LogP contribution in [0.25, 0.3) is 0 Å². The molecule has 0 bridgehead atoms. The first-order valence-corrected chi connectivity index (χ1v) is 8.37. The van der Waals surface area contributed by atoms with E-state index in [0.717, 1.165) is 6.42 Å². The van der Waals surface area contributed by atoms with Crippen molar-refractivity contribution in [2.75, 3.05) is 7.05 Å². The van der Waals surface area contributed by atoms with Gasteiger partial charge < -0.3 is 5.32 Å². The third-order valence-electron chi connectivity index (χ3n) is 4.46. The number of aromatic nitrogens is 2. The van der Waals surface area contributed by atoms with Crippen LogP contribution in [0.5, 0.6) is 0 Å². The van der Waals surface area contributed by atoms with E-state index < -0.39 is 0 Å². The lowest BCUT2D eigenvalue weighted by atomic mass is 9.80. The highest BCUT2D eigenvalue weighted by molar-refractivity contribution is 7.10. The van der Waals surface area contributed by atoms with E-state index in [1.165, 1.54) is 31.2 Å². The Labute approximate surface area is 125 Å². The zero-order chi connectivity index (χ0) is 13.9. The summed E-state index contributed by atoms with van der Waals surface area (Å²) in [6.07, 6.45) is 10.3. The summed E-state index contributed by atoms with van der Waals surface area (Å²) in [4.78, 5) is 1.61. The highest BCUT2D eigenvalue weighted by atomic mass is 32.1. The maximum absolute atomic E-state index is 4.26. The molecular formula is C16H23N3S. The van der Waals surface area contributed by atoms with Crippen LogP contribution in [0.3, 0.4) is 0 Å². The molecule has 1 aliphatic carbocycles. The number of hydrogen-bond donors (Lipinski definition) is 1. The van der Waals surface area contributed by atoms with Crippen LogP contribution in [-0.2, 0) is 19.9 Å². The van der Waals surface area contributed by atoms with E-state index in [1.807, 2.05) is 29.3 Å². The highest BCUT2D eigenvalue weighted by Gasteiger charge is 2.27. The average molecular weight is 289 g/mol. The van der Waals surface area contributed by atoms with Crippen molar-refractivity contribution in [2.45, 2.75) is 44.1 Å². The molecule has 3 nitrogen and oxygen atoms in total. The molecule has 0 radical (unpaired) electrons. The minimum atomic E-state index is 0.573. The normalized spacial score (nSPS) is 19.8. The average Bonchev–Trinajstić information content (AvgIpc) is 3.08. The van der Waals surface area contributed by atoms with Crippen LogP contribution in [0.1, 0.15) is 41.2 Å². The lowest BCUT2D eigenvalue weighted by molar-refractivity contribution is 0.396. The van der Waals surface area contributed by atoms with Gasteiger partial charge in [0.2, 0.25) is 0 Å². The molecular weight excluding hydrogens is 266 g/mol. The molecule has 2 atom stereocenters. The number of rotatable bonds is 5. The molecule has 0 amide bonds. The predicted octanol–water partition coefficient (Wildman–Crippen LogP) is 3.12. The molecule has 2 aromatic heterocycles. The number of nitrogens with one attached hydrogen (secondary N) is 1. The van der Waals surface area contributed by atoms with Crippen LogP contribution >= 0.6 is 11.3 Å². The van der Waals surface area contributed by atoms with Gasteiger partial charge >= 0.3 is 0 Å². The molecule has 4 heteroatoms. The van der Waals surface area contributed by atoms with Crippen molar-refractivity contribution in [1.82, 2.24) is 15.1 Å². The molecule has 1 aliphatic rings. The smallest absolute Gasteiger partial charge is 0.0521 e. The number of nitrogens with zero attached hydrogens (tertiary/aromatic N) is 2. The van der Waals surface area contributed by atoms with Gasteiger partial charge in [0.1, 0.15) is 0 Å². The van der Waals surface area contributed by atoms with E-state index in [4.69, 9.17) is 0 Å². The Bertz CT molecular complexity index is 558. The van der Waals surface area contributed by atoms with Crippen molar-refractivity contribution in [3.63, 3.8) is 0 Å². The highest BCUT2D eigenvalue weighted by Crippen LogP contribution is 2.37. The Morgan fingerprint density at radius 2 is 2.45 bits per heavy atom. The molecule has 1 N–H and O–H groups in total. The molecule has 0 aliphatic heterocycles. The van der Waals surface area contributed by atoms with Gasteiger partial charge in [0.15, 0.2) is 0 Å². The van der Waals surface area contributed by atoms with E-state index in [0.29, 0.717) is 12.0 Å². The van der Waals surface area contributed by atoms with Crippen LogP contribution in [0.2, 0.25) is 0 Å². The summed E-state index contributed by atoms with van der Waals surface area (Å²) in [5, 5.41) is 10.1. The topological polar surface area (TPSA) is 29.9 Å². The molecule has 2 aromatic rings. The third kappa shape index (κ3) is 2.81. The van der Waals surface area contributed by atoms with Crippen LogP contribution in [-0.4, -0.2) is 22.9 Å². The number of aryl methyl sites for hydroxylation is 3. The fourth-order valence-electron chi connectivity index (χ4n) is 3.41. The third-order valence-corrected chi connectivity index (χ3v) is 5.45. The first-order chi connectivity index (χ1) is 9.78. The fourth-order valence-corrected chi connectivity index (χ4v) is 4.41. The zero-order valence-corrected chi connectivity index (χ0v) is 13.1. The number of fused-ring (bicyclic) bond motifs is 1. The number of hydrogen-bond acceptors (Lipinski definition) is 3. The minimum absolute atomic E-state index is 0.573. The van der Waals surface area contributed by atoms with Gasteiger partial charge in [-0.2, -0.15) is 5.10 Å². The summed E-state index contributed by atoms with van der Waals surface area (Å²) in [5.41, 5.74) is 2.95. The van der Waals surface area contributed by atoms with Crippen LogP contribution in [0.4, 0.5) is 0 Å². The van der Waals surface area contributed by atoms with Crippen LogP contribution in [0, 0.1) is 0 Å². The summed E-state index contributed by atoms with van der Waals surface area (Å²) in [6.45, 7) is 0. The number of thiophene rings is 1. The maximum Gasteiger partial charge on any atom is 0.0521 e. The van der Waals surface area contributed by atoms with E-state index >= 15 is 0 Å². The minimum Gasteiger partial charge on any atom is -0.316 e. The van der Waals surface area contributed by atoms with E-state index in [-0.39, 0.29) is 0 Å².